The number of carboxylic acids is 1. The van der Waals surface area contributed by atoms with Gasteiger partial charge in [-0.15, -0.1) is 5.10 Å². The lowest BCUT2D eigenvalue weighted by atomic mass is 10.2. The predicted octanol–water partition coefficient (Wildman–Crippen LogP) is 0.878. The zero-order valence-corrected chi connectivity index (χ0v) is 11.6. The molecule has 0 saturated heterocycles. The van der Waals surface area contributed by atoms with E-state index in [1.807, 2.05) is 0 Å². The van der Waals surface area contributed by atoms with E-state index in [2.05, 4.69) is 25.9 Å². The summed E-state index contributed by atoms with van der Waals surface area (Å²) in [5.41, 5.74) is 1.22. The van der Waals surface area contributed by atoms with Crippen molar-refractivity contribution in [2.45, 2.75) is 6.10 Å². The number of halogens is 1. The Hall–Kier alpha value is -2.55. The molecule has 1 unspecified atom stereocenters. The summed E-state index contributed by atoms with van der Waals surface area (Å²) in [6, 6.07) is 3.30. The Balaban J connectivity index is 1.96. The van der Waals surface area contributed by atoms with Gasteiger partial charge < -0.3 is 20.1 Å². The van der Waals surface area contributed by atoms with E-state index in [0.29, 0.717) is 28.1 Å². The second-order valence-electron chi connectivity index (χ2n) is 4.40. The van der Waals surface area contributed by atoms with Gasteiger partial charge in [0.1, 0.15) is 5.75 Å². The molecular weight excluding hydrogens is 300 g/mol. The van der Waals surface area contributed by atoms with Gasteiger partial charge in [-0.2, -0.15) is 5.21 Å². The van der Waals surface area contributed by atoms with Crippen LogP contribution in [0.5, 0.6) is 5.75 Å². The normalized spacial score (nSPS) is 16.6. The average molecular weight is 311 g/mol. The zero-order valence-electron chi connectivity index (χ0n) is 10.9. The van der Waals surface area contributed by atoms with E-state index in [1.54, 1.807) is 24.1 Å². The van der Waals surface area contributed by atoms with Crippen LogP contribution in [0.15, 0.2) is 12.1 Å². The van der Waals surface area contributed by atoms with Gasteiger partial charge in [-0.25, -0.2) is 4.79 Å². The number of H-pyrrole nitrogens is 1. The molecular formula is C11H11ClN6O3. The van der Waals surface area contributed by atoms with Crippen LogP contribution >= 0.6 is 11.6 Å². The lowest BCUT2D eigenvalue weighted by Crippen LogP contribution is -2.37. The van der Waals surface area contributed by atoms with E-state index in [1.165, 1.54) is 0 Å². The number of ether oxygens (including phenoxy) is 1. The number of fused-ring (bicyclic) bond motifs is 1. The Kier molecular flexibility index (Phi) is 3.26. The first-order chi connectivity index (χ1) is 10.1. The SMILES string of the molecule is CN(c1nn[nH]n1)c1cc2c(cc1Cl)NCC(C(=O)O)O2. The van der Waals surface area contributed by atoms with Crippen LogP contribution in [0.3, 0.4) is 0 Å². The molecule has 1 aliphatic rings. The van der Waals surface area contributed by atoms with Crippen molar-refractivity contribution in [3.05, 3.63) is 17.2 Å². The number of benzene rings is 1. The summed E-state index contributed by atoms with van der Waals surface area (Å²) in [5.74, 6) is -0.296. The monoisotopic (exact) mass is 310 g/mol. The quantitative estimate of drug-likeness (QED) is 0.765. The molecule has 1 atom stereocenters. The van der Waals surface area contributed by atoms with Crippen LogP contribution in [0.1, 0.15) is 0 Å². The number of nitrogens with one attached hydrogen (secondary N) is 2. The van der Waals surface area contributed by atoms with Crippen molar-refractivity contribution in [2.75, 3.05) is 23.8 Å². The topological polar surface area (TPSA) is 116 Å². The molecule has 1 aromatic heterocycles. The molecule has 2 aromatic rings. The van der Waals surface area contributed by atoms with Gasteiger partial charge in [-0.1, -0.05) is 16.7 Å². The van der Waals surface area contributed by atoms with Crippen LogP contribution in [0.25, 0.3) is 0 Å². The fourth-order valence-corrected chi connectivity index (χ4v) is 2.27. The van der Waals surface area contributed by atoms with Crippen LogP contribution in [-0.4, -0.2) is 51.4 Å². The van der Waals surface area contributed by atoms with Gasteiger partial charge >= 0.3 is 5.97 Å². The molecule has 0 fully saturated rings. The summed E-state index contributed by atoms with van der Waals surface area (Å²) >= 11 is 6.23. The number of aromatic nitrogens is 4. The van der Waals surface area contributed by atoms with E-state index in [-0.39, 0.29) is 6.54 Å². The van der Waals surface area contributed by atoms with Crippen molar-refractivity contribution in [1.82, 2.24) is 20.6 Å². The van der Waals surface area contributed by atoms with E-state index in [4.69, 9.17) is 21.4 Å². The Morgan fingerprint density at radius 3 is 3.05 bits per heavy atom. The highest BCUT2D eigenvalue weighted by Gasteiger charge is 2.27. The van der Waals surface area contributed by atoms with Gasteiger partial charge in [0.05, 0.1) is 22.9 Å². The number of aliphatic carboxylic acids is 1. The van der Waals surface area contributed by atoms with Gasteiger partial charge in [-0.05, 0) is 11.3 Å². The van der Waals surface area contributed by atoms with Crippen molar-refractivity contribution in [3.8, 4) is 5.75 Å². The Bertz CT molecular complexity index is 677. The minimum absolute atomic E-state index is 0.179. The van der Waals surface area contributed by atoms with Crippen molar-refractivity contribution >= 4 is 34.9 Å². The zero-order chi connectivity index (χ0) is 15.0. The van der Waals surface area contributed by atoms with Gasteiger partial charge in [0.25, 0.3) is 5.95 Å². The maximum absolute atomic E-state index is 11.0. The van der Waals surface area contributed by atoms with Gasteiger partial charge in [0.2, 0.25) is 6.10 Å². The number of rotatable bonds is 3. The number of carboxylic acid groups (broad SMARTS) is 1. The number of tetrazole rings is 1. The lowest BCUT2D eigenvalue weighted by molar-refractivity contribution is -0.144. The molecule has 3 rings (SSSR count). The molecule has 2 heterocycles. The number of hydrogen-bond donors (Lipinski definition) is 3. The van der Waals surface area contributed by atoms with E-state index in [0.717, 1.165) is 0 Å². The van der Waals surface area contributed by atoms with Gasteiger partial charge in [-0.3, -0.25) is 0 Å². The minimum atomic E-state index is -1.03. The van der Waals surface area contributed by atoms with E-state index < -0.39 is 12.1 Å². The van der Waals surface area contributed by atoms with Crippen molar-refractivity contribution in [3.63, 3.8) is 0 Å². The van der Waals surface area contributed by atoms with Crippen molar-refractivity contribution in [2.24, 2.45) is 0 Å². The van der Waals surface area contributed by atoms with Crippen LogP contribution in [-0.2, 0) is 4.79 Å². The number of carbonyl (C=O) groups is 1. The first-order valence-corrected chi connectivity index (χ1v) is 6.38. The molecule has 21 heavy (non-hydrogen) atoms. The molecule has 0 aliphatic carbocycles. The average Bonchev–Trinajstić information content (AvgIpc) is 2.99. The number of anilines is 3. The fraction of sp³-hybridized carbons (Fsp3) is 0.273. The molecule has 10 heteroatoms. The molecule has 1 aliphatic heterocycles. The first-order valence-electron chi connectivity index (χ1n) is 6.00. The number of hydrogen-bond acceptors (Lipinski definition) is 7. The number of aromatic amines is 1. The third kappa shape index (κ3) is 2.42. The second-order valence-corrected chi connectivity index (χ2v) is 4.80. The molecule has 110 valence electrons. The predicted molar refractivity (Wildman–Crippen MR) is 74.2 cm³/mol. The molecule has 3 N–H and O–H groups in total. The third-order valence-electron chi connectivity index (χ3n) is 3.07. The summed E-state index contributed by atoms with van der Waals surface area (Å²) in [6.45, 7) is 0.179. The molecule has 9 nitrogen and oxygen atoms in total. The summed E-state index contributed by atoms with van der Waals surface area (Å²) in [5, 5.41) is 26.0. The van der Waals surface area contributed by atoms with Crippen LogP contribution in [0, 0.1) is 0 Å². The molecule has 0 amide bonds. The van der Waals surface area contributed by atoms with E-state index >= 15 is 0 Å². The smallest absolute Gasteiger partial charge is 0.346 e. The highest BCUT2D eigenvalue weighted by atomic mass is 35.5. The third-order valence-corrected chi connectivity index (χ3v) is 3.37. The maximum atomic E-state index is 11.0. The molecule has 0 saturated carbocycles. The Morgan fingerprint density at radius 1 is 1.57 bits per heavy atom. The Labute approximate surface area is 123 Å². The standard InChI is InChI=1S/C11H11ClN6O3/c1-18(11-14-16-17-15-11)7-3-8-6(2-5(7)12)13-4-9(21-8)10(19)20/h2-3,9,13H,4H2,1H3,(H,19,20)(H,14,15,16,17). The minimum Gasteiger partial charge on any atom is -0.478 e. The lowest BCUT2D eigenvalue weighted by Gasteiger charge is -2.26. The highest BCUT2D eigenvalue weighted by molar-refractivity contribution is 6.33. The summed E-state index contributed by atoms with van der Waals surface area (Å²) in [4.78, 5) is 12.6. The molecule has 0 spiro atoms. The largest absolute Gasteiger partial charge is 0.478 e. The summed E-state index contributed by atoms with van der Waals surface area (Å²) in [7, 11) is 1.71. The number of nitrogens with zero attached hydrogens (tertiary/aromatic N) is 4. The van der Waals surface area contributed by atoms with Crippen LogP contribution in [0.4, 0.5) is 17.3 Å². The summed E-state index contributed by atoms with van der Waals surface area (Å²) < 4.78 is 5.44. The van der Waals surface area contributed by atoms with Crippen molar-refractivity contribution in [1.29, 1.82) is 0 Å². The molecule has 1 aromatic carbocycles. The Morgan fingerprint density at radius 2 is 2.38 bits per heavy atom. The van der Waals surface area contributed by atoms with Gasteiger partial charge in [0.15, 0.2) is 0 Å². The second kappa shape index (κ2) is 5.09. The van der Waals surface area contributed by atoms with Crippen molar-refractivity contribution < 1.29 is 14.6 Å². The fourth-order valence-electron chi connectivity index (χ4n) is 1.98. The van der Waals surface area contributed by atoms with Crippen LogP contribution < -0.4 is 15.0 Å². The van der Waals surface area contributed by atoms with Crippen LogP contribution in [0.2, 0.25) is 5.02 Å². The van der Waals surface area contributed by atoms with Gasteiger partial charge in [0, 0.05) is 13.1 Å². The molecule has 0 bridgehead atoms. The molecule has 0 radical (unpaired) electrons. The maximum Gasteiger partial charge on any atom is 0.346 e. The summed E-state index contributed by atoms with van der Waals surface area (Å²) in [6.07, 6.45) is -0.943. The first kappa shape index (κ1) is 13.4. The van der Waals surface area contributed by atoms with E-state index in [9.17, 15) is 4.79 Å². The highest BCUT2D eigenvalue weighted by Crippen LogP contribution is 2.39.